The van der Waals surface area contributed by atoms with Crippen LogP contribution in [0.25, 0.3) is 10.2 Å². The van der Waals surface area contributed by atoms with Gasteiger partial charge in [0.15, 0.2) is 4.80 Å². The van der Waals surface area contributed by atoms with Gasteiger partial charge < -0.3 is 14.0 Å². The Hall–Kier alpha value is -2.37. The minimum absolute atomic E-state index is 0.104. The molecule has 8 nitrogen and oxygen atoms in total. The van der Waals surface area contributed by atoms with Crippen molar-refractivity contribution in [3.63, 3.8) is 0 Å². The maximum atomic E-state index is 13.1. The van der Waals surface area contributed by atoms with Gasteiger partial charge in [-0.3, -0.25) is 4.79 Å². The van der Waals surface area contributed by atoms with E-state index >= 15 is 0 Å². The zero-order valence-electron chi connectivity index (χ0n) is 20.2. The van der Waals surface area contributed by atoms with Gasteiger partial charge in [0.2, 0.25) is 10.0 Å². The minimum atomic E-state index is -3.75. The van der Waals surface area contributed by atoms with E-state index in [4.69, 9.17) is 9.47 Å². The molecule has 0 fully saturated rings. The molecule has 0 aliphatic heterocycles. The number of hydrogen-bond donors (Lipinski definition) is 0. The van der Waals surface area contributed by atoms with E-state index in [1.165, 1.54) is 54.1 Å². The number of thiazole rings is 1. The summed E-state index contributed by atoms with van der Waals surface area (Å²) in [7, 11) is -0.714. The van der Waals surface area contributed by atoms with E-state index in [0.717, 1.165) is 21.3 Å². The van der Waals surface area contributed by atoms with Crippen molar-refractivity contribution in [1.29, 1.82) is 0 Å². The minimum Gasteiger partial charge on any atom is -0.383 e. The van der Waals surface area contributed by atoms with E-state index in [-0.39, 0.29) is 31.2 Å². The second-order valence-electron chi connectivity index (χ2n) is 7.89. The van der Waals surface area contributed by atoms with Crippen LogP contribution in [-0.4, -0.2) is 63.7 Å². The lowest BCUT2D eigenvalue weighted by Gasteiger charge is -2.21. The topological polar surface area (TPSA) is 90.2 Å². The third-order valence-electron chi connectivity index (χ3n) is 5.45. The van der Waals surface area contributed by atoms with Gasteiger partial charge in [-0.2, -0.15) is 9.30 Å². The molecular weight excluding hydrogens is 474 g/mol. The van der Waals surface area contributed by atoms with Gasteiger partial charge in [-0.05, 0) is 62.2 Å². The quantitative estimate of drug-likeness (QED) is 0.421. The Bertz CT molecular complexity index is 1320. The Balaban J connectivity index is 1.92. The molecule has 3 aromatic rings. The molecule has 1 heterocycles. The van der Waals surface area contributed by atoms with Crippen molar-refractivity contribution in [2.75, 3.05) is 40.5 Å². The highest BCUT2D eigenvalue weighted by Crippen LogP contribution is 2.23. The number of nitrogens with zero attached hydrogens (tertiary/aromatic N) is 3. The van der Waals surface area contributed by atoms with E-state index < -0.39 is 15.9 Å². The van der Waals surface area contributed by atoms with Crippen LogP contribution in [0.4, 0.5) is 0 Å². The molecule has 34 heavy (non-hydrogen) atoms. The van der Waals surface area contributed by atoms with Crippen LogP contribution in [0.15, 0.2) is 46.3 Å². The van der Waals surface area contributed by atoms with Crippen LogP contribution in [0.5, 0.6) is 0 Å². The van der Waals surface area contributed by atoms with Gasteiger partial charge in [0.1, 0.15) is 0 Å². The third kappa shape index (κ3) is 5.64. The fourth-order valence-corrected chi connectivity index (χ4v) is 6.46. The highest BCUT2D eigenvalue weighted by molar-refractivity contribution is 7.89. The highest BCUT2D eigenvalue weighted by atomic mass is 32.2. The number of fused-ring (bicyclic) bond motifs is 1. The predicted molar refractivity (Wildman–Crippen MR) is 134 cm³/mol. The van der Waals surface area contributed by atoms with Crippen LogP contribution in [0.2, 0.25) is 0 Å². The van der Waals surface area contributed by atoms with Crippen molar-refractivity contribution in [2.45, 2.75) is 32.2 Å². The summed E-state index contributed by atoms with van der Waals surface area (Å²) in [5.41, 5.74) is 3.71. The second kappa shape index (κ2) is 11.4. The number of carbonyl (C=O) groups excluding carboxylic acids is 1. The molecule has 0 saturated heterocycles. The van der Waals surface area contributed by atoms with Crippen molar-refractivity contribution in [3.05, 3.63) is 57.9 Å². The van der Waals surface area contributed by atoms with Crippen LogP contribution in [0.3, 0.4) is 0 Å². The molecule has 0 bridgehead atoms. The summed E-state index contributed by atoms with van der Waals surface area (Å²) < 4.78 is 40.6. The second-order valence-corrected chi connectivity index (χ2v) is 10.8. The molecule has 2 aromatic carbocycles. The number of hydrogen-bond acceptors (Lipinski definition) is 6. The molecule has 0 aliphatic carbocycles. The van der Waals surface area contributed by atoms with Crippen LogP contribution in [-0.2, 0) is 26.0 Å². The normalized spacial score (nSPS) is 12.7. The molecule has 0 saturated carbocycles. The summed E-state index contributed by atoms with van der Waals surface area (Å²) in [6, 6.07) is 10.1. The average Bonchev–Trinajstić information content (AvgIpc) is 3.16. The Morgan fingerprint density at radius 3 is 2.24 bits per heavy atom. The maximum Gasteiger partial charge on any atom is 0.279 e. The summed E-state index contributed by atoms with van der Waals surface area (Å²) in [6.07, 6.45) is 0. The van der Waals surface area contributed by atoms with Crippen LogP contribution in [0.1, 0.15) is 28.4 Å². The zero-order valence-corrected chi connectivity index (χ0v) is 21.8. The van der Waals surface area contributed by atoms with Crippen molar-refractivity contribution >= 4 is 37.5 Å². The van der Waals surface area contributed by atoms with Gasteiger partial charge in [0.05, 0.1) is 28.3 Å². The molecule has 0 atom stereocenters. The number of amides is 1. The summed E-state index contributed by atoms with van der Waals surface area (Å²) >= 11 is 1.48. The number of carbonyl (C=O) groups is 1. The zero-order chi connectivity index (χ0) is 24.9. The fourth-order valence-electron chi connectivity index (χ4n) is 3.78. The third-order valence-corrected chi connectivity index (χ3v) is 8.39. The number of benzene rings is 2. The standard InChI is InChI=1S/C24H31N3O5S2/c1-6-27-22-18(3)15-17(2)16-21(22)33-24(27)25-23(28)19-7-9-20(10-8-19)34(29,30)26(11-13-31-4)12-14-32-5/h7-10,15-16H,6,11-14H2,1-5H3. The summed E-state index contributed by atoms with van der Waals surface area (Å²) in [5, 5.41) is 0. The molecule has 0 spiro atoms. The number of ether oxygens (including phenoxy) is 2. The Morgan fingerprint density at radius 2 is 1.68 bits per heavy atom. The molecule has 1 amide bonds. The lowest BCUT2D eigenvalue weighted by atomic mass is 10.1. The Kier molecular flexibility index (Phi) is 8.78. The van der Waals surface area contributed by atoms with E-state index in [1.54, 1.807) is 0 Å². The molecule has 1 aromatic heterocycles. The number of sulfonamides is 1. The molecule has 0 N–H and O–H groups in total. The first-order valence-electron chi connectivity index (χ1n) is 11.0. The Morgan fingerprint density at radius 1 is 1.06 bits per heavy atom. The van der Waals surface area contributed by atoms with Crippen LogP contribution < -0.4 is 4.80 Å². The monoisotopic (exact) mass is 505 g/mol. The first-order valence-corrected chi connectivity index (χ1v) is 13.3. The number of methoxy groups -OCH3 is 2. The predicted octanol–water partition coefficient (Wildman–Crippen LogP) is 3.36. The largest absolute Gasteiger partial charge is 0.383 e. The highest BCUT2D eigenvalue weighted by Gasteiger charge is 2.24. The Labute approximate surface area is 204 Å². The van der Waals surface area contributed by atoms with Gasteiger partial charge >= 0.3 is 0 Å². The van der Waals surface area contributed by atoms with Gasteiger partial charge in [0.25, 0.3) is 5.91 Å². The molecular formula is C24H31N3O5S2. The van der Waals surface area contributed by atoms with E-state index in [9.17, 15) is 13.2 Å². The molecule has 10 heteroatoms. The number of rotatable bonds is 10. The van der Waals surface area contributed by atoms with Crippen LogP contribution >= 0.6 is 11.3 Å². The maximum absolute atomic E-state index is 13.1. The van der Waals surface area contributed by atoms with Gasteiger partial charge in [-0.1, -0.05) is 17.4 Å². The lowest BCUT2D eigenvalue weighted by Crippen LogP contribution is -2.36. The number of aryl methyl sites for hydroxylation is 3. The van der Waals surface area contributed by atoms with Crippen molar-refractivity contribution < 1.29 is 22.7 Å². The molecule has 0 unspecified atom stereocenters. The smallest absolute Gasteiger partial charge is 0.279 e. The molecule has 0 aliphatic rings. The summed E-state index contributed by atoms with van der Waals surface area (Å²) in [4.78, 5) is 18.0. The van der Waals surface area contributed by atoms with E-state index in [0.29, 0.717) is 16.9 Å². The van der Waals surface area contributed by atoms with Crippen molar-refractivity contribution in [2.24, 2.45) is 4.99 Å². The van der Waals surface area contributed by atoms with Crippen molar-refractivity contribution in [3.8, 4) is 0 Å². The molecule has 184 valence electrons. The SMILES string of the molecule is CCn1c(=NC(=O)c2ccc(S(=O)(=O)N(CCOC)CCOC)cc2)sc2cc(C)cc(C)c21. The van der Waals surface area contributed by atoms with Gasteiger partial charge in [-0.25, -0.2) is 8.42 Å². The number of aromatic nitrogens is 1. The molecule has 0 radical (unpaired) electrons. The average molecular weight is 506 g/mol. The van der Waals surface area contributed by atoms with Crippen LogP contribution in [0, 0.1) is 13.8 Å². The first-order chi connectivity index (χ1) is 16.2. The van der Waals surface area contributed by atoms with E-state index in [2.05, 4.69) is 24.0 Å². The summed E-state index contributed by atoms with van der Waals surface area (Å²) in [5.74, 6) is -0.414. The first kappa shape index (κ1) is 26.2. The van der Waals surface area contributed by atoms with Crippen molar-refractivity contribution in [1.82, 2.24) is 8.87 Å². The molecule has 3 rings (SSSR count). The fraction of sp³-hybridized carbons (Fsp3) is 0.417. The van der Waals surface area contributed by atoms with E-state index in [1.807, 2.05) is 18.4 Å². The summed E-state index contributed by atoms with van der Waals surface area (Å²) in [6.45, 7) is 7.76. The van der Waals surface area contributed by atoms with Gasteiger partial charge in [-0.15, -0.1) is 0 Å². The van der Waals surface area contributed by atoms with Gasteiger partial charge in [0, 0.05) is 39.4 Å². The lowest BCUT2D eigenvalue weighted by molar-refractivity contribution is 0.0997.